The molecule has 1 aliphatic rings. The third-order valence-electron chi connectivity index (χ3n) is 4.67. The minimum Gasteiger partial charge on any atom is -0.494 e. The molecule has 8 nitrogen and oxygen atoms in total. The van der Waals surface area contributed by atoms with Crippen LogP contribution in [0.15, 0.2) is 36.4 Å². The molecule has 0 saturated carbocycles. The van der Waals surface area contributed by atoms with Gasteiger partial charge < -0.3 is 19.5 Å². The van der Waals surface area contributed by atoms with Crippen LogP contribution >= 0.6 is 11.3 Å². The number of morpholine rings is 1. The highest BCUT2D eigenvalue weighted by atomic mass is 32.1. The summed E-state index contributed by atoms with van der Waals surface area (Å²) >= 11 is 1.38. The van der Waals surface area contributed by atoms with Gasteiger partial charge in [0.05, 0.1) is 36.3 Å². The smallest absolute Gasteiger partial charge is 0.335 e. The van der Waals surface area contributed by atoms with Crippen LogP contribution in [0.2, 0.25) is 0 Å². The molecule has 4 rings (SSSR count). The molecular formula is C20H19N3O5S. The molecule has 9 heteroatoms. The van der Waals surface area contributed by atoms with E-state index in [0.717, 1.165) is 23.5 Å². The number of methoxy groups -OCH3 is 1. The second-order valence-corrected chi connectivity index (χ2v) is 7.42. The molecule has 29 heavy (non-hydrogen) atoms. The largest absolute Gasteiger partial charge is 0.494 e. The summed E-state index contributed by atoms with van der Waals surface area (Å²) in [7, 11) is 1.59. The van der Waals surface area contributed by atoms with E-state index in [4.69, 9.17) is 14.6 Å². The minimum atomic E-state index is -1.04. The van der Waals surface area contributed by atoms with Gasteiger partial charge in [0, 0.05) is 18.7 Å². The van der Waals surface area contributed by atoms with Crippen LogP contribution in [0.4, 0.5) is 10.8 Å². The predicted molar refractivity (Wildman–Crippen MR) is 111 cm³/mol. The van der Waals surface area contributed by atoms with Crippen molar-refractivity contribution < 1.29 is 24.2 Å². The minimum absolute atomic E-state index is 0.126. The number of benzene rings is 2. The van der Waals surface area contributed by atoms with E-state index in [1.807, 2.05) is 12.1 Å². The molecule has 1 fully saturated rings. The first kappa shape index (κ1) is 19.2. The van der Waals surface area contributed by atoms with Gasteiger partial charge in [-0.25, -0.2) is 9.78 Å². The molecule has 0 spiro atoms. The monoisotopic (exact) mass is 413 g/mol. The van der Waals surface area contributed by atoms with E-state index >= 15 is 0 Å². The Balaban J connectivity index is 1.63. The molecule has 0 radical (unpaired) electrons. The van der Waals surface area contributed by atoms with E-state index in [9.17, 15) is 9.59 Å². The van der Waals surface area contributed by atoms with Crippen molar-refractivity contribution in [3.63, 3.8) is 0 Å². The van der Waals surface area contributed by atoms with E-state index in [1.54, 1.807) is 7.11 Å². The molecule has 2 aromatic carbocycles. The van der Waals surface area contributed by atoms with Crippen LogP contribution in [0, 0.1) is 0 Å². The van der Waals surface area contributed by atoms with Crippen molar-refractivity contribution in [3.05, 3.63) is 47.5 Å². The van der Waals surface area contributed by atoms with Gasteiger partial charge >= 0.3 is 5.97 Å². The Morgan fingerprint density at radius 3 is 2.48 bits per heavy atom. The van der Waals surface area contributed by atoms with E-state index < -0.39 is 5.97 Å². The Hall–Kier alpha value is -3.17. The first-order valence-electron chi connectivity index (χ1n) is 9.02. The van der Waals surface area contributed by atoms with Crippen molar-refractivity contribution in [3.8, 4) is 5.75 Å². The number of thiazole rings is 1. The summed E-state index contributed by atoms with van der Waals surface area (Å²) in [6.07, 6.45) is 0. The number of fused-ring (bicyclic) bond motifs is 1. The highest BCUT2D eigenvalue weighted by Crippen LogP contribution is 2.39. The Morgan fingerprint density at radius 2 is 1.83 bits per heavy atom. The third kappa shape index (κ3) is 3.87. The maximum absolute atomic E-state index is 12.6. The summed E-state index contributed by atoms with van der Waals surface area (Å²) in [6, 6.07) is 9.63. The van der Waals surface area contributed by atoms with Crippen molar-refractivity contribution in [1.82, 2.24) is 4.98 Å². The Morgan fingerprint density at radius 1 is 1.14 bits per heavy atom. The number of carboxylic acid groups (broad SMARTS) is 1. The predicted octanol–water partition coefficient (Wildman–Crippen LogP) is 3.09. The molecule has 2 N–H and O–H groups in total. The molecular weight excluding hydrogens is 394 g/mol. The number of amides is 1. The van der Waals surface area contributed by atoms with Crippen LogP contribution in [0.5, 0.6) is 5.75 Å². The zero-order valence-electron chi connectivity index (χ0n) is 15.7. The van der Waals surface area contributed by atoms with Crippen molar-refractivity contribution >= 4 is 44.2 Å². The molecule has 0 atom stereocenters. The molecule has 0 bridgehead atoms. The fraction of sp³-hybridized carbons (Fsp3) is 0.250. The normalized spacial score (nSPS) is 14.0. The SMILES string of the molecule is COc1ccc(N2CCOCC2)c2sc(NC(=O)c3ccc(C(=O)O)cc3)nc12. The van der Waals surface area contributed by atoms with Crippen LogP contribution in [0.25, 0.3) is 10.2 Å². The lowest BCUT2D eigenvalue weighted by Gasteiger charge is -2.29. The summed E-state index contributed by atoms with van der Waals surface area (Å²) in [5.74, 6) is -0.752. The number of hydrogen-bond acceptors (Lipinski definition) is 7. The maximum atomic E-state index is 12.6. The number of anilines is 2. The third-order valence-corrected chi connectivity index (χ3v) is 5.67. The standard InChI is InChI=1S/C20H19N3O5S/c1-27-15-7-6-14(23-8-10-28-11-9-23)17-16(15)21-20(29-17)22-18(24)12-2-4-13(5-3-12)19(25)26/h2-7H,8-11H2,1H3,(H,25,26)(H,21,22,24). The fourth-order valence-electron chi connectivity index (χ4n) is 3.17. The van der Waals surface area contributed by atoms with E-state index in [1.165, 1.54) is 35.6 Å². The van der Waals surface area contributed by atoms with Gasteiger partial charge in [-0.3, -0.25) is 10.1 Å². The van der Waals surface area contributed by atoms with Gasteiger partial charge in [-0.15, -0.1) is 0 Å². The number of rotatable bonds is 5. The number of nitrogens with zero attached hydrogens (tertiary/aromatic N) is 2. The summed E-state index contributed by atoms with van der Waals surface area (Å²) in [6.45, 7) is 2.92. The van der Waals surface area contributed by atoms with Crippen molar-refractivity contribution in [1.29, 1.82) is 0 Å². The van der Waals surface area contributed by atoms with Crippen LogP contribution in [-0.4, -0.2) is 55.4 Å². The van der Waals surface area contributed by atoms with Gasteiger partial charge in [0.2, 0.25) is 0 Å². The van der Waals surface area contributed by atoms with Crippen LogP contribution in [0.1, 0.15) is 20.7 Å². The van der Waals surface area contributed by atoms with Crippen LogP contribution in [-0.2, 0) is 4.74 Å². The van der Waals surface area contributed by atoms with Crippen LogP contribution in [0.3, 0.4) is 0 Å². The summed E-state index contributed by atoms with van der Waals surface area (Å²) in [5, 5.41) is 12.2. The highest BCUT2D eigenvalue weighted by molar-refractivity contribution is 7.23. The van der Waals surface area contributed by atoms with Gasteiger partial charge in [-0.05, 0) is 36.4 Å². The topological polar surface area (TPSA) is 101 Å². The Bertz CT molecular complexity index is 1060. The lowest BCUT2D eigenvalue weighted by molar-refractivity contribution is 0.0696. The number of aromatic nitrogens is 1. The second kappa shape index (κ2) is 8.06. The number of carbonyl (C=O) groups excluding carboxylic acids is 1. The Kier molecular flexibility index (Phi) is 5.32. The molecule has 1 aliphatic heterocycles. The average molecular weight is 413 g/mol. The molecule has 1 aromatic heterocycles. The molecule has 2 heterocycles. The summed E-state index contributed by atoms with van der Waals surface area (Å²) < 4.78 is 11.8. The van der Waals surface area contributed by atoms with Gasteiger partial charge in [0.1, 0.15) is 11.3 Å². The molecule has 0 unspecified atom stereocenters. The van der Waals surface area contributed by atoms with Gasteiger partial charge in [0.25, 0.3) is 5.91 Å². The molecule has 0 aliphatic carbocycles. The summed E-state index contributed by atoms with van der Waals surface area (Å²) in [5.41, 5.74) is 2.21. The second-order valence-electron chi connectivity index (χ2n) is 6.42. The van der Waals surface area contributed by atoms with Crippen molar-refractivity contribution in [2.75, 3.05) is 43.6 Å². The number of ether oxygens (including phenoxy) is 2. The first-order valence-corrected chi connectivity index (χ1v) is 9.83. The lowest BCUT2D eigenvalue weighted by atomic mass is 10.1. The zero-order chi connectivity index (χ0) is 20.4. The molecule has 3 aromatic rings. The Labute approximate surface area is 170 Å². The lowest BCUT2D eigenvalue weighted by Crippen LogP contribution is -2.36. The van der Waals surface area contributed by atoms with Gasteiger partial charge in [-0.2, -0.15) is 0 Å². The number of nitrogens with one attached hydrogen (secondary N) is 1. The van der Waals surface area contributed by atoms with Crippen molar-refractivity contribution in [2.24, 2.45) is 0 Å². The van der Waals surface area contributed by atoms with Gasteiger partial charge in [-0.1, -0.05) is 11.3 Å². The number of aromatic carboxylic acids is 1. The first-order chi connectivity index (χ1) is 14.1. The zero-order valence-corrected chi connectivity index (χ0v) is 16.5. The van der Waals surface area contributed by atoms with E-state index in [-0.39, 0.29) is 11.5 Å². The van der Waals surface area contributed by atoms with Gasteiger partial charge in [0.15, 0.2) is 5.13 Å². The number of carbonyl (C=O) groups is 2. The van der Waals surface area contributed by atoms with E-state index in [2.05, 4.69) is 15.2 Å². The fourth-order valence-corrected chi connectivity index (χ4v) is 4.19. The number of hydrogen-bond donors (Lipinski definition) is 2. The number of carboxylic acids is 1. The molecule has 1 amide bonds. The van der Waals surface area contributed by atoms with Crippen molar-refractivity contribution in [2.45, 2.75) is 0 Å². The van der Waals surface area contributed by atoms with E-state index in [0.29, 0.717) is 35.2 Å². The summed E-state index contributed by atoms with van der Waals surface area (Å²) in [4.78, 5) is 30.3. The average Bonchev–Trinajstić information content (AvgIpc) is 3.17. The van der Waals surface area contributed by atoms with Crippen LogP contribution < -0.4 is 15.0 Å². The maximum Gasteiger partial charge on any atom is 0.335 e. The molecule has 1 saturated heterocycles. The molecule has 150 valence electrons. The quantitative estimate of drug-likeness (QED) is 0.663. The highest BCUT2D eigenvalue weighted by Gasteiger charge is 2.20.